The highest BCUT2D eigenvalue weighted by molar-refractivity contribution is 5.73. The van der Waals surface area contributed by atoms with Crippen LogP contribution in [0, 0.1) is 0 Å². The van der Waals surface area contributed by atoms with E-state index in [1.807, 2.05) is 11.1 Å². The molecule has 3 aliphatic rings. The molecule has 0 unspecified atom stereocenters. The van der Waals surface area contributed by atoms with Crippen molar-refractivity contribution in [3.63, 3.8) is 0 Å². The van der Waals surface area contributed by atoms with Crippen molar-refractivity contribution in [2.45, 2.75) is 32.9 Å². The number of carbonyl (C=O) groups is 1. The number of anilines is 2. The standard InChI is InChI=1S/C19H29N5O2/c1-14(2)23-8-9-24-17(12-23)13-26-18-10-16(11-20-19(18)24)22-6-4-21(5-7-22)15(3)25/h10-11,14,17H,4-9,12-13H2,1-3H3/t17-/m0/s1. The molecular weight excluding hydrogens is 330 g/mol. The molecule has 0 spiro atoms. The summed E-state index contributed by atoms with van der Waals surface area (Å²) < 4.78 is 6.09. The number of fused-ring (bicyclic) bond motifs is 3. The van der Waals surface area contributed by atoms with Crippen molar-refractivity contribution in [1.82, 2.24) is 14.8 Å². The molecule has 26 heavy (non-hydrogen) atoms. The van der Waals surface area contributed by atoms with E-state index in [4.69, 9.17) is 9.72 Å². The van der Waals surface area contributed by atoms with Crippen molar-refractivity contribution in [3.05, 3.63) is 12.3 Å². The second-order valence-electron chi connectivity index (χ2n) is 7.76. The molecule has 2 saturated heterocycles. The predicted molar refractivity (Wildman–Crippen MR) is 102 cm³/mol. The van der Waals surface area contributed by atoms with Crippen LogP contribution in [0.25, 0.3) is 0 Å². The molecule has 1 aromatic rings. The van der Waals surface area contributed by atoms with E-state index in [2.05, 4.69) is 34.6 Å². The normalized spacial score (nSPS) is 23.5. The number of piperazine rings is 2. The third-order valence-corrected chi connectivity index (χ3v) is 5.86. The number of aromatic nitrogens is 1. The summed E-state index contributed by atoms with van der Waals surface area (Å²) in [6.07, 6.45) is 1.96. The Morgan fingerprint density at radius 3 is 2.65 bits per heavy atom. The lowest BCUT2D eigenvalue weighted by Gasteiger charge is -2.46. The third kappa shape index (κ3) is 3.20. The first kappa shape index (κ1) is 17.4. The number of pyridine rings is 1. The SMILES string of the molecule is CC(=O)N1CCN(c2cnc3c(c2)OC[C@@H]2CN(C(C)C)CCN32)CC1. The Balaban J connectivity index is 1.47. The molecule has 4 heterocycles. The fourth-order valence-electron chi connectivity index (χ4n) is 4.16. The van der Waals surface area contributed by atoms with E-state index in [0.29, 0.717) is 12.1 Å². The molecule has 0 radical (unpaired) electrons. The number of rotatable bonds is 2. The minimum atomic E-state index is 0.156. The minimum Gasteiger partial charge on any atom is -0.487 e. The van der Waals surface area contributed by atoms with Crippen molar-refractivity contribution in [2.24, 2.45) is 0 Å². The van der Waals surface area contributed by atoms with Gasteiger partial charge in [-0.05, 0) is 13.8 Å². The third-order valence-electron chi connectivity index (χ3n) is 5.86. The molecule has 7 nitrogen and oxygen atoms in total. The lowest BCUT2D eigenvalue weighted by Crippen LogP contribution is -2.58. The zero-order valence-electron chi connectivity index (χ0n) is 16.0. The average molecular weight is 359 g/mol. The fraction of sp³-hybridized carbons (Fsp3) is 0.684. The smallest absolute Gasteiger partial charge is 0.219 e. The first-order chi connectivity index (χ1) is 12.5. The van der Waals surface area contributed by atoms with Gasteiger partial charge in [-0.1, -0.05) is 0 Å². The van der Waals surface area contributed by atoms with E-state index in [9.17, 15) is 4.79 Å². The monoisotopic (exact) mass is 359 g/mol. The van der Waals surface area contributed by atoms with Crippen LogP contribution in [0.2, 0.25) is 0 Å². The quantitative estimate of drug-likeness (QED) is 0.787. The number of hydrogen-bond donors (Lipinski definition) is 0. The zero-order chi connectivity index (χ0) is 18.3. The molecule has 0 N–H and O–H groups in total. The van der Waals surface area contributed by atoms with Crippen LogP contribution in [-0.4, -0.2) is 85.2 Å². The second-order valence-corrected chi connectivity index (χ2v) is 7.76. The lowest BCUT2D eigenvalue weighted by atomic mass is 10.1. The van der Waals surface area contributed by atoms with E-state index in [1.165, 1.54) is 0 Å². The average Bonchev–Trinajstić information content (AvgIpc) is 2.67. The Hall–Kier alpha value is -2.02. The summed E-state index contributed by atoms with van der Waals surface area (Å²) in [4.78, 5) is 25.4. The van der Waals surface area contributed by atoms with Gasteiger partial charge in [0.2, 0.25) is 5.91 Å². The second kappa shape index (κ2) is 6.95. The summed E-state index contributed by atoms with van der Waals surface area (Å²) >= 11 is 0. The van der Waals surface area contributed by atoms with Gasteiger partial charge >= 0.3 is 0 Å². The topological polar surface area (TPSA) is 52.2 Å². The van der Waals surface area contributed by atoms with Gasteiger partial charge in [-0.25, -0.2) is 4.98 Å². The van der Waals surface area contributed by atoms with Crippen molar-refractivity contribution in [2.75, 3.05) is 62.2 Å². The number of amides is 1. The molecule has 0 saturated carbocycles. The van der Waals surface area contributed by atoms with Gasteiger partial charge in [-0.15, -0.1) is 0 Å². The molecule has 0 aliphatic carbocycles. The first-order valence-corrected chi connectivity index (χ1v) is 9.67. The summed E-state index contributed by atoms with van der Waals surface area (Å²) in [5.41, 5.74) is 1.09. The molecule has 2 fully saturated rings. The summed E-state index contributed by atoms with van der Waals surface area (Å²) in [5.74, 6) is 2.03. The van der Waals surface area contributed by atoms with Crippen molar-refractivity contribution in [3.8, 4) is 5.75 Å². The maximum absolute atomic E-state index is 11.5. The van der Waals surface area contributed by atoms with Crippen LogP contribution in [0.15, 0.2) is 12.3 Å². The number of hydrogen-bond acceptors (Lipinski definition) is 6. The number of nitrogens with zero attached hydrogens (tertiary/aromatic N) is 5. The van der Waals surface area contributed by atoms with Crippen LogP contribution < -0.4 is 14.5 Å². The number of carbonyl (C=O) groups excluding carboxylic acids is 1. The molecule has 0 bridgehead atoms. The van der Waals surface area contributed by atoms with Crippen molar-refractivity contribution >= 4 is 17.4 Å². The van der Waals surface area contributed by atoms with Crippen molar-refractivity contribution < 1.29 is 9.53 Å². The van der Waals surface area contributed by atoms with Gasteiger partial charge in [0.1, 0.15) is 6.61 Å². The van der Waals surface area contributed by atoms with Crippen LogP contribution >= 0.6 is 0 Å². The molecule has 7 heteroatoms. The minimum absolute atomic E-state index is 0.156. The predicted octanol–water partition coefficient (Wildman–Crippen LogP) is 1.04. The highest BCUT2D eigenvalue weighted by Crippen LogP contribution is 2.36. The van der Waals surface area contributed by atoms with E-state index < -0.39 is 0 Å². The summed E-state index contributed by atoms with van der Waals surface area (Å²) in [7, 11) is 0. The first-order valence-electron chi connectivity index (χ1n) is 9.67. The largest absolute Gasteiger partial charge is 0.487 e. The molecule has 1 atom stereocenters. The zero-order valence-corrected chi connectivity index (χ0v) is 16.0. The Morgan fingerprint density at radius 1 is 1.19 bits per heavy atom. The van der Waals surface area contributed by atoms with Gasteiger partial charge in [0.25, 0.3) is 0 Å². The summed E-state index contributed by atoms with van der Waals surface area (Å²) in [6, 6.07) is 3.08. The van der Waals surface area contributed by atoms with Gasteiger partial charge in [0, 0.05) is 64.8 Å². The van der Waals surface area contributed by atoms with Crippen LogP contribution in [0.1, 0.15) is 20.8 Å². The van der Waals surface area contributed by atoms with Gasteiger partial charge in [0.15, 0.2) is 11.6 Å². The van der Waals surface area contributed by atoms with E-state index in [0.717, 1.165) is 69.7 Å². The molecule has 142 valence electrons. The molecule has 1 amide bonds. The van der Waals surface area contributed by atoms with Gasteiger partial charge in [-0.3, -0.25) is 9.69 Å². The van der Waals surface area contributed by atoms with Crippen LogP contribution in [0.4, 0.5) is 11.5 Å². The fourth-order valence-corrected chi connectivity index (χ4v) is 4.16. The maximum atomic E-state index is 11.5. The summed E-state index contributed by atoms with van der Waals surface area (Å²) in [5, 5.41) is 0. The van der Waals surface area contributed by atoms with E-state index >= 15 is 0 Å². The van der Waals surface area contributed by atoms with Crippen LogP contribution in [0.5, 0.6) is 5.75 Å². The lowest BCUT2D eigenvalue weighted by molar-refractivity contribution is -0.129. The highest BCUT2D eigenvalue weighted by atomic mass is 16.5. The molecular formula is C19H29N5O2. The summed E-state index contributed by atoms with van der Waals surface area (Å²) in [6.45, 7) is 13.2. The molecule has 1 aromatic heterocycles. The Morgan fingerprint density at radius 2 is 1.96 bits per heavy atom. The van der Waals surface area contributed by atoms with Gasteiger partial charge in [0.05, 0.1) is 17.9 Å². The van der Waals surface area contributed by atoms with Crippen LogP contribution in [0.3, 0.4) is 0 Å². The van der Waals surface area contributed by atoms with E-state index in [-0.39, 0.29) is 5.91 Å². The Kier molecular flexibility index (Phi) is 4.65. The maximum Gasteiger partial charge on any atom is 0.219 e. The Labute approximate surface area is 155 Å². The van der Waals surface area contributed by atoms with Crippen LogP contribution in [-0.2, 0) is 4.79 Å². The molecule has 4 rings (SSSR count). The number of ether oxygens (including phenoxy) is 1. The van der Waals surface area contributed by atoms with E-state index in [1.54, 1.807) is 6.92 Å². The molecule has 3 aliphatic heterocycles. The Bertz CT molecular complexity index is 672. The highest BCUT2D eigenvalue weighted by Gasteiger charge is 2.35. The van der Waals surface area contributed by atoms with Gasteiger partial charge < -0.3 is 19.4 Å². The van der Waals surface area contributed by atoms with Crippen molar-refractivity contribution in [1.29, 1.82) is 0 Å². The van der Waals surface area contributed by atoms with Gasteiger partial charge in [-0.2, -0.15) is 0 Å². The molecule has 0 aromatic carbocycles.